The van der Waals surface area contributed by atoms with Gasteiger partial charge in [0.25, 0.3) is 0 Å². The molecular weight excluding hydrogens is 334 g/mol. The Hall–Kier alpha value is -2.50. The van der Waals surface area contributed by atoms with E-state index in [0.29, 0.717) is 12.6 Å². The Morgan fingerprint density at radius 3 is 2.67 bits per heavy atom. The summed E-state index contributed by atoms with van der Waals surface area (Å²) in [5.74, 6) is 0. The maximum absolute atomic E-state index is 5.86. The molecule has 0 spiro atoms. The van der Waals surface area contributed by atoms with E-state index in [1.165, 1.54) is 27.3 Å². The normalized spacial score (nSPS) is 16.5. The van der Waals surface area contributed by atoms with Crippen LogP contribution in [0.4, 0.5) is 11.4 Å². The highest BCUT2D eigenvalue weighted by Crippen LogP contribution is 2.26. The highest BCUT2D eigenvalue weighted by Gasteiger charge is 2.15. The first-order valence-electron chi connectivity index (χ1n) is 9.84. The second kappa shape index (κ2) is 8.03. The van der Waals surface area contributed by atoms with Crippen molar-refractivity contribution in [2.75, 3.05) is 37.3 Å². The molecule has 0 bridgehead atoms. The summed E-state index contributed by atoms with van der Waals surface area (Å²) in [5, 5.41) is 16.4. The Bertz CT molecular complexity index is 928. The van der Waals surface area contributed by atoms with Gasteiger partial charge in [0.05, 0.1) is 0 Å². The second-order valence-electron chi connectivity index (χ2n) is 7.28. The van der Waals surface area contributed by atoms with Crippen LogP contribution in [0, 0.1) is 0 Å². The lowest BCUT2D eigenvalue weighted by molar-refractivity contribution is 0.479. The molecule has 5 heteroatoms. The van der Waals surface area contributed by atoms with Gasteiger partial charge in [0.1, 0.15) is 0 Å². The van der Waals surface area contributed by atoms with Crippen molar-refractivity contribution in [1.82, 2.24) is 10.6 Å². The number of hydrogen-bond acceptors (Lipinski definition) is 5. The van der Waals surface area contributed by atoms with Gasteiger partial charge in [-0.3, -0.25) is 0 Å². The highest BCUT2D eigenvalue weighted by molar-refractivity contribution is 5.74. The Labute approximate surface area is 160 Å². The maximum atomic E-state index is 5.86. The first kappa shape index (κ1) is 17.9. The molecule has 0 aliphatic carbocycles. The van der Waals surface area contributed by atoms with E-state index in [2.05, 4.69) is 63.9 Å². The van der Waals surface area contributed by atoms with Gasteiger partial charge in [-0.25, -0.2) is 0 Å². The molecule has 1 saturated heterocycles. The van der Waals surface area contributed by atoms with Crippen molar-refractivity contribution in [3.63, 3.8) is 0 Å². The van der Waals surface area contributed by atoms with E-state index in [-0.39, 0.29) is 0 Å². The van der Waals surface area contributed by atoms with Gasteiger partial charge in [-0.1, -0.05) is 18.2 Å². The minimum absolute atomic E-state index is 0.522. The molecule has 1 fully saturated rings. The number of hydrogen-bond donors (Lipinski definition) is 5. The standard InChI is InChI=1S/C22H29N5/c1-24-21-11-15(2-3-17(21)13-23)18-10-16-4-7-26-14-20(16)22(12-18)27-19-5-8-25-9-6-19/h2-4,10-12,14,19,24-27H,5-9,13,23H2,1H3. The molecule has 2 aromatic carbocycles. The lowest BCUT2D eigenvalue weighted by Gasteiger charge is -2.26. The lowest BCUT2D eigenvalue weighted by Crippen LogP contribution is -2.40. The van der Waals surface area contributed by atoms with Crippen LogP contribution in [0.1, 0.15) is 18.4 Å². The van der Waals surface area contributed by atoms with Crippen LogP contribution in [0.2, 0.25) is 0 Å². The van der Waals surface area contributed by atoms with Crippen molar-refractivity contribution < 1.29 is 0 Å². The Kier molecular flexibility index (Phi) is 5.32. The minimum Gasteiger partial charge on any atom is -0.388 e. The molecule has 2 aromatic rings. The summed E-state index contributed by atoms with van der Waals surface area (Å²) in [6, 6.07) is 11.6. The third kappa shape index (κ3) is 3.80. The molecule has 6 N–H and O–H groups in total. The number of piperidine rings is 1. The van der Waals surface area contributed by atoms with Crippen LogP contribution >= 0.6 is 0 Å². The average Bonchev–Trinajstić information content (AvgIpc) is 2.74. The topological polar surface area (TPSA) is 74.1 Å². The number of fused-ring (bicyclic) bond motifs is 1. The first-order chi connectivity index (χ1) is 13.3. The number of nitrogens with two attached hydrogens (primary N) is 1. The number of nitrogens with one attached hydrogen (secondary N) is 4. The van der Waals surface area contributed by atoms with Crippen LogP contribution in [0.15, 0.2) is 30.3 Å². The van der Waals surface area contributed by atoms with Gasteiger partial charge in [0, 0.05) is 49.0 Å². The zero-order valence-electron chi connectivity index (χ0n) is 15.9. The van der Waals surface area contributed by atoms with Gasteiger partial charge in [-0.15, -0.1) is 0 Å². The largest absolute Gasteiger partial charge is 0.388 e. The molecule has 2 heterocycles. The molecule has 0 radical (unpaired) electrons. The van der Waals surface area contributed by atoms with Crippen LogP contribution in [0.25, 0.3) is 23.4 Å². The minimum atomic E-state index is 0.522. The Morgan fingerprint density at radius 1 is 1.07 bits per heavy atom. The van der Waals surface area contributed by atoms with Gasteiger partial charge in [0.15, 0.2) is 0 Å². The van der Waals surface area contributed by atoms with Crippen molar-refractivity contribution >= 4 is 23.7 Å². The fourth-order valence-corrected chi connectivity index (χ4v) is 3.97. The SMILES string of the molecule is CNc1cc(-c2cc(NC3CCNCC3)c3c(c2)=CCNC=3)ccc1CN. The van der Waals surface area contributed by atoms with Crippen LogP contribution < -0.4 is 37.4 Å². The fraction of sp³-hybridized carbons (Fsp3) is 0.364. The summed E-state index contributed by atoms with van der Waals surface area (Å²) >= 11 is 0. The molecule has 5 nitrogen and oxygen atoms in total. The lowest BCUT2D eigenvalue weighted by atomic mass is 9.98. The first-order valence-corrected chi connectivity index (χ1v) is 9.84. The van der Waals surface area contributed by atoms with Gasteiger partial charge < -0.3 is 27.0 Å². The van der Waals surface area contributed by atoms with Gasteiger partial charge in [-0.05, 0) is 66.0 Å². The summed E-state index contributed by atoms with van der Waals surface area (Å²) in [4.78, 5) is 0. The number of anilines is 2. The molecular formula is C22H29N5. The summed E-state index contributed by atoms with van der Waals surface area (Å²) in [7, 11) is 1.95. The smallest absolute Gasteiger partial charge is 0.0442 e. The zero-order chi connectivity index (χ0) is 18.6. The predicted octanol–water partition coefficient (Wildman–Crippen LogP) is 1.14. The highest BCUT2D eigenvalue weighted by atomic mass is 15.0. The summed E-state index contributed by atoms with van der Waals surface area (Å²) in [6.07, 6.45) is 6.72. The molecule has 0 aromatic heterocycles. The van der Waals surface area contributed by atoms with Crippen LogP contribution in [-0.2, 0) is 6.54 Å². The summed E-state index contributed by atoms with van der Waals surface area (Å²) < 4.78 is 0. The van der Waals surface area contributed by atoms with Gasteiger partial charge >= 0.3 is 0 Å². The van der Waals surface area contributed by atoms with E-state index in [1.54, 1.807) is 0 Å². The molecule has 0 saturated carbocycles. The van der Waals surface area contributed by atoms with E-state index >= 15 is 0 Å². The number of rotatable bonds is 5. The quantitative estimate of drug-likeness (QED) is 0.551. The van der Waals surface area contributed by atoms with Crippen molar-refractivity contribution in [2.24, 2.45) is 5.73 Å². The van der Waals surface area contributed by atoms with Crippen LogP contribution in [0.3, 0.4) is 0 Å². The Balaban J connectivity index is 1.77. The molecule has 142 valence electrons. The van der Waals surface area contributed by atoms with E-state index in [9.17, 15) is 0 Å². The van der Waals surface area contributed by atoms with E-state index in [1.807, 2.05) is 7.05 Å². The van der Waals surface area contributed by atoms with Crippen molar-refractivity contribution in [1.29, 1.82) is 0 Å². The molecule has 0 amide bonds. The second-order valence-corrected chi connectivity index (χ2v) is 7.28. The van der Waals surface area contributed by atoms with Gasteiger partial charge in [-0.2, -0.15) is 0 Å². The molecule has 2 aliphatic heterocycles. The summed E-state index contributed by atoms with van der Waals surface area (Å²) in [6.45, 7) is 3.58. The van der Waals surface area contributed by atoms with E-state index in [0.717, 1.165) is 43.7 Å². The van der Waals surface area contributed by atoms with Crippen molar-refractivity contribution in [2.45, 2.75) is 25.4 Å². The van der Waals surface area contributed by atoms with Gasteiger partial charge in [0.2, 0.25) is 0 Å². The van der Waals surface area contributed by atoms with Crippen LogP contribution in [0.5, 0.6) is 0 Å². The fourth-order valence-electron chi connectivity index (χ4n) is 3.97. The van der Waals surface area contributed by atoms with Crippen LogP contribution in [-0.4, -0.2) is 32.7 Å². The molecule has 0 unspecified atom stereocenters. The maximum Gasteiger partial charge on any atom is 0.0442 e. The molecule has 2 aliphatic rings. The third-order valence-electron chi connectivity index (χ3n) is 5.53. The predicted molar refractivity (Wildman–Crippen MR) is 115 cm³/mol. The van der Waals surface area contributed by atoms with E-state index < -0.39 is 0 Å². The Morgan fingerprint density at radius 2 is 1.89 bits per heavy atom. The monoisotopic (exact) mass is 363 g/mol. The zero-order valence-corrected chi connectivity index (χ0v) is 15.9. The van der Waals surface area contributed by atoms with Crippen molar-refractivity contribution in [3.05, 3.63) is 46.3 Å². The van der Waals surface area contributed by atoms with Crippen molar-refractivity contribution in [3.8, 4) is 11.1 Å². The molecule has 0 atom stereocenters. The van der Waals surface area contributed by atoms with E-state index in [4.69, 9.17) is 5.73 Å². The average molecular weight is 364 g/mol. The molecule has 27 heavy (non-hydrogen) atoms. The third-order valence-corrected chi connectivity index (χ3v) is 5.53. The number of benzene rings is 2. The summed E-state index contributed by atoms with van der Waals surface area (Å²) in [5.41, 5.74) is 11.7. The molecule has 4 rings (SSSR count).